The first-order valence-electron chi connectivity index (χ1n) is 10.6. The van der Waals surface area contributed by atoms with Gasteiger partial charge in [0.05, 0.1) is 0 Å². The molecule has 0 aliphatic carbocycles. The van der Waals surface area contributed by atoms with Crippen LogP contribution in [-0.4, -0.2) is 79.5 Å². The second-order valence-electron chi connectivity index (χ2n) is 8.91. The zero-order valence-corrected chi connectivity index (χ0v) is 17.7. The van der Waals surface area contributed by atoms with Crippen molar-refractivity contribution in [2.75, 3.05) is 51.7 Å². The zero-order valence-electron chi connectivity index (χ0n) is 17.7. The monoisotopic (exact) mass is 414 g/mol. The number of nitrogens with zero attached hydrogens (tertiary/aromatic N) is 4. The van der Waals surface area contributed by atoms with Gasteiger partial charge in [0.2, 0.25) is 0 Å². The maximum absolute atomic E-state index is 14.1. The number of anilines is 1. The van der Waals surface area contributed by atoms with Crippen molar-refractivity contribution in [3.05, 3.63) is 29.6 Å². The van der Waals surface area contributed by atoms with Gasteiger partial charge in [-0.1, -0.05) is 0 Å². The maximum Gasteiger partial charge on any atom is 0.323 e. The molecule has 2 fully saturated rings. The van der Waals surface area contributed by atoms with E-state index in [1.54, 1.807) is 40.9 Å². The van der Waals surface area contributed by atoms with Crippen LogP contribution in [0.1, 0.15) is 32.7 Å². The molecule has 1 spiro atoms. The average molecular weight is 415 g/mol. The number of rotatable bonds is 1. The van der Waals surface area contributed by atoms with Crippen LogP contribution in [0.15, 0.2) is 18.2 Å². The highest BCUT2D eigenvalue weighted by Gasteiger charge is 2.47. The molecule has 0 N–H and O–H groups in total. The van der Waals surface area contributed by atoms with E-state index in [0.29, 0.717) is 25.7 Å². The Morgan fingerprint density at radius 2 is 1.87 bits per heavy atom. The minimum Gasteiger partial charge on any atom is -0.332 e. The normalized spacial score (nSPS) is 21.4. The molecule has 0 aromatic heterocycles. The first-order chi connectivity index (χ1) is 14.3. The lowest BCUT2D eigenvalue weighted by atomic mass is 9.74. The Morgan fingerprint density at radius 3 is 2.47 bits per heavy atom. The molecule has 3 amide bonds. The smallest absolute Gasteiger partial charge is 0.323 e. The highest BCUT2D eigenvalue weighted by molar-refractivity contribution is 5.95. The summed E-state index contributed by atoms with van der Waals surface area (Å²) in [5, 5.41) is 0. The van der Waals surface area contributed by atoms with E-state index >= 15 is 0 Å². The van der Waals surface area contributed by atoms with Gasteiger partial charge in [0.25, 0.3) is 5.91 Å². The number of urea groups is 1. The van der Waals surface area contributed by atoms with E-state index < -0.39 is 0 Å². The van der Waals surface area contributed by atoms with Crippen LogP contribution in [-0.2, 0) is 10.2 Å². The summed E-state index contributed by atoms with van der Waals surface area (Å²) in [6.45, 7) is 3.83. The van der Waals surface area contributed by atoms with Crippen molar-refractivity contribution in [1.82, 2.24) is 14.7 Å². The lowest BCUT2D eigenvalue weighted by molar-refractivity contribution is -0.126. The fourth-order valence-electron chi connectivity index (χ4n) is 5.32. The third-order valence-corrected chi connectivity index (χ3v) is 7.04. The lowest BCUT2D eigenvalue weighted by Crippen LogP contribution is -2.52. The van der Waals surface area contributed by atoms with Crippen molar-refractivity contribution in [1.29, 1.82) is 0 Å². The quantitative estimate of drug-likeness (QED) is 0.664. The standard InChI is InChI=1S/C23H29FN4O2.H2/c1-4-21(29)27-11-7-18(8-12-27)26-13-9-23(10-14-26)16-28(22(30)25(2)3)20-6-5-17(24)15-19(20)23;/h1,5-6,15,18H,7-14,16H2,2-3H3;1H. The van der Waals surface area contributed by atoms with E-state index in [2.05, 4.69) is 10.8 Å². The van der Waals surface area contributed by atoms with Crippen molar-refractivity contribution >= 4 is 17.6 Å². The largest absolute Gasteiger partial charge is 0.332 e. The van der Waals surface area contributed by atoms with E-state index in [-0.39, 0.29) is 24.6 Å². The summed E-state index contributed by atoms with van der Waals surface area (Å²) in [5.74, 6) is 1.73. The maximum atomic E-state index is 14.1. The van der Waals surface area contributed by atoms with Crippen molar-refractivity contribution in [3.63, 3.8) is 0 Å². The van der Waals surface area contributed by atoms with Crippen LogP contribution in [0, 0.1) is 18.2 Å². The molecule has 0 saturated carbocycles. The van der Waals surface area contributed by atoms with E-state index in [1.807, 2.05) is 0 Å². The summed E-state index contributed by atoms with van der Waals surface area (Å²) in [4.78, 5) is 32.1. The molecule has 162 valence electrons. The van der Waals surface area contributed by atoms with Gasteiger partial charge < -0.3 is 14.7 Å². The highest BCUT2D eigenvalue weighted by atomic mass is 19.1. The molecule has 0 radical (unpaired) electrons. The topological polar surface area (TPSA) is 47.1 Å². The van der Waals surface area contributed by atoms with Crippen LogP contribution in [0.5, 0.6) is 0 Å². The number of carbonyl (C=O) groups excluding carboxylic acids is 2. The number of terminal acetylenes is 1. The Labute approximate surface area is 179 Å². The molecule has 3 aliphatic heterocycles. The number of halogens is 1. The van der Waals surface area contributed by atoms with Crippen LogP contribution in [0.2, 0.25) is 0 Å². The van der Waals surface area contributed by atoms with Crippen molar-refractivity contribution in [2.45, 2.75) is 37.1 Å². The van der Waals surface area contributed by atoms with Gasteiger partial charge in [-0.3, -0.25) is 9.69 Å². The number of amides is 3. The molecule has 0 unspecified atom stereocenters. The van der Waals surface area contributed by atoms with Gasteiger partial charge in [-0.05, 0) is 68.5 Å². The van der Waals surface area contributed by atoms with Crippen molar-refractivity contribution in [3.8, 4) is 12.3 Å². The minimum atomic E-state index is -0.250. The highest BCUT2D eigenvalue weighted by Crippen LogP contribution is 2.48. The number of hydrogen-bond donors (Lipinski definition) is 0. The van der Waals surface area contributed by atoms with E-state index in [0.717, 1.165) is 50.0 Å². The number of benzene rings is 1. The second-order valence-corrected chi connectivity index (χ2v) is 8.91. The summed E-state index contributed by atoms with van der Waals surface area (Å²) in [5.41, 5.74) is 1.61. The molecule has 3 heterocycles. The number of carbonyl (C=O) groups is 2. The van der Waals surface area contributed by atoms with Gasteiger partial charge >= 0.3 is 6.03 Å². The molecule has 6 nitrogen and oxygen atoms in total. The van der Waals surface area contributed by atoms with Gasteiger partial charge in [0.1, 0.15) is 5.82 Å². The number of likely N-dealkylation sites (tertiary alicyclic amines) is 2. The first kappa shape index (κ1) is 20.7. The number of piperidine rings is 2. The van der Waals surface area contributed by atoms with Crippen LogP contribution in [0.3, 0.4) is 0 Å². The Bertz CT molecular complexity index is 884. The van der Waals surface area contributed by atoms with Crippen LogP contribution < -0.4 is 4.90 Å². The van der Waals surface area contributed by atoms with Gasteiger partial charge in [0, 0.05) is 52.3 Å². The SMILES string of the molecule is C#CC(=O)N1CCC(N2CCC3(CC2)CN(C(=O)N(C)C)c2ccc(F)cc23)CC1.[HH]. The molecule has 4 rings (SSSR count). The second kappa shape index (κ2) is 7.92. The lowest BCUT2D eigenvalue weighted by Gasteiger charge is -2.45. The molecular weight excluding hydrogens is 383 g/mol. The number of hydrogen-bond acceptors (Lipinski definition) is 3. The predicted molar refractivity (Wildman–Crippen MR) is 116 cm³/mol. The molecule has 2 saturated heterocycles. The van der Waals surface area contributed by atoms with Crippen LogP contribution in [0.4, 0.5) is 14.9 Å². The summed E-state index contributed by atoms with van der Waals surface area (Å²) < 4.78 is 14.1. The average Bonchev–Trinajstić information content (AvgIpc) is 3.06. The zero-order chi connectivity index (χ0) is 21.5. The Hall–Kier alpha value is -2.59. The molecule has 1 aromatic rings. The van der Waals surface area contributed by atoms with Gasteiger partial charge in [-0.15, -0.1) is 6.42 Å². The number of fused-ring (bicyclic) bond motifs is 2. The molecule has 7 heteroatoms. The molecule has 1 aromatic carbocycles. The van der Waals surface area contributed by atoms with E-state index in [4.69, 9.17) is 6.42 Å². The fraction of sp³-hybridized carbons (Fsp3) is 0.565. The van der Waals surface area contributed by atoms with E-state index in [1.165, 1.54) is 6.07 Å². The third kappa shape index (κ3) is 3.54. The Kier molecular flexibility index (Phi) is 5.46. The molecular formula is C23H31FN4O2. The molecule has 0 bridgehead atoms. The van der Waals surface area contributed by atoms with Crippen LogP contribution >= 0.6 is 0 Å². The van der Waals surface area contributed by atoms with Crippen molar-refractivity contribution in [2.24, 2.45) is 0 Å². The molecule has 3 aliphatic rings. The fourth-order valence-corrected chi connectivity index (χ4v) is 5.32. The van der Waals surface area contributed by atoms with E-state index in [9.17, 15) is 14.0 Å². The predicted octanol–water partition coefficient (Wildman–Crippen LogP) is 2.53. The first-order valence-corrected chi connectivity index (χ1v) is 10.6. The van der Waals surface area contributed by atoms with Crippen molar-refractivity contribution < 1.29 is 15.4 Å². The summed E-state index contributed by atoms with van der Waals surface area (Å²) >= 11 is 0. The Balaban J connectivity index is 0.00000272. The van der Waals surface area contributed by atoms with Crippen LogP contribution in [0.25, 0.3) is 0 Å². The third-order valence-electron chi connectivity index (χ3n) is 7.04. The summed E-state index contributed by atoms with van der Waals surface area (Å²) in [6.07, 6.45) is 8.88. The molecule has 30 heavy (non-hydrogen) atoms. The minimum absolute atomic E-state index is 0. The summed E-state index contributed by atoms with van der Waals surface area (Å²) in [7, 11) is 3.49. The summed E-state index contributed by atoms with van der Waals surface area (Å²) in [6, 6.07) is 5.18. The van der Waals surface area contributed by atoms with Gasteiger partial charge in [0.15, 0.2) is 0 Å². The van der Waals surface area contributed by atoms with Gasteiger partial charge in [-0.25, -0.2) is 9.18 Å². The van der Waals surface area contributed by atoms with Gasteiger partial charge in [-0.2, -0.15) is 0 Å². The molecule has 0 atom stereocenters. The Morgan fingerprint density at radius 1 is 1.20 bits per heavy atom.